The smallest absolute Gasteiger partial charge is 0.246 e. The third-order valence-electron chi connectivity index (χ3n) is 4.36. The maximum Gasteiger partial charge on any atom is 0.246 e. The Morgan fingerprint density at radius 2 is 2.08 bits per heavy atom. The predicted octanol–water partition coefficient (Wildman–Crippen LogP) is 0.617. The lowest BCUT2D eigenvalue weighted by molar-refractivity contribution is -0.126. The molecule has 0 bridgehead atoms. The van der Waals surface area contributed by atoms with Crippen molar-refractivity contribution in [1.29, 1.82) is 0 Å². The van der Waals surface area contributed by atoms with Crippen molar-refractivity contribution < 1.29 is 19.1 Å². The van der Waals surface area contributed by atoms with Gasteiger partial charge in [-0.25, -0.2) is 4.98 Å². The quantitative estimate of drug-likeness (QED) is 0.553. The van der Waals surface area contributed by atoms with E-state index in [1.807, 2.05) is 0 Å². The van der Waals surface area contributed by atoms with Gasteiger partial charge in [-0.3, -0.25) is 14.9 Å². The lowest BCUT2D eigenvalue weighted by Gasteiger charge is -2.39. The summed E-state index contributed by atoms with van der Waals surface area (Å²) in [4.78, 5) is 28.5. The molecule has 128 valence electrons. The van der Waals surface area contributed by atoms with Crippen LogP contribution < -0.4 is 10.7 Å². The zero-order valence-electron chi connectivity index (χ0n) is 13.1. The molecule has 8 nitrogen and oxygen atoms in total. The first-order chi connectivity index (χ1) is 12.1. The zero-order valence-corrected chi connectivity index (χ0v) is 13.1. The maximum atomic E-state index is 12.3. The average Bonchev–Trinajstić information content (AvgIpc) is 3.24. The molecule has 1 fully saturated rings. The van der Waals surface area contributed by atoms with Crippen molar-refractivity contribution in [2.24, 2.45) is 5.92 Å². The molecule has 2 aliphatic rings. The first-order valence-corrected chi connectivity index (χ1v) is 7.85. The van der Waals surface area contributed by atoms with Crippen molar-refractivity contribution in [2.75, 3.05) is 5.43 Å². The summed E-state index contributed by atoms with van der Waals surface area (Å²) in [5.41, 5.74) is 3.05. The molecule has 3 N–H and O–H groups in total. The van der Waals surface area contributed by atoms with Crippen LogP contribution in [0.15, 0.2) is 59.4 Å². The number of rotatable bonds is 4. The van der Waals surface area contributed by atoms with E-state index in [1.54, 1.807) is 53.7 Å². The van der Waals surface area contributed by atoms with Crippen LogP contribution in [0.2, 0.25) is 0 Å². The standard InChI is InChI=1S/C17H16N4O4/c22-15(12-4-3-9-25-12)11-7-6-10-14(17(24)19-16(10)23)21(11)20-13-5-1-2-8-18-13/h1-11,14-15,22H,(H,18,20)(H,19,23,24). The van der Waals surface area contributed by atoms with Gasteiger partial charge in [-0.1, -0.05) is 18.2 Å². The highest BCUT2D eigenvalue weighted by atomic mass is 16.4. The van der Waals surface area contributed by atoms with Gasteiger partial charge in [0.15, 0.2) is 0 Å². The molecule has 0 radical (unpaired) electrons. The van der Waals surface area contributed by atoms with Crippen molar-refractivity contribution >= 4 is 17.6 Å². The monoisotopic (exact) mass is 340 g/mol. The van der Waals surface area contributed by atoms with Crippen LogP contribution in [-0.4, -0.2) is 39.0 Å². The number of aromatic nitrogens is 1. The molecule has 2 aromatic rings. The Balaban J connectivity index is 1.71. The number of aliphatic hydroxyl groups excluding tert-OH is 1. The van der Waals surface area contributed by atoms with Crippen molar-refractivity contribution in [3.05, 3.63) is 60.7 Å². The highest BCUT2D eigenvalue weighted by Gasteiger charge is 2.50. The van der Waals surface area contributed by atoms with Gasteiger partial charge in [-0.05, 0) is 24.3 Å². The van der Waals surface area contributed by atoms with Crippen LogP contribution in [-0.2, 0) is 9.59 Å². The van der Waals surface area contributed by atoms with Crippen LogP contribution in [0.4, 0.5) is 5.82 Å². The Hall–Kier alpha value is -2.97. The van der Waals surface area contributed by atoms with Crippen LogP contribution in [0.5, 0.6) is 0 Å². The molecule has 8 heteroatoms. The van der Waals surface area contributed by atoms with Crippen molar-refractivity contribution in [1.82, 2.24) is 15.3 Å². The van der Waals surface area contributed by atoms with Gasteiger partial charge in [-0.15, -0.1) is 0 Å². The fourth-order valence-electron chi connectivity index (χ4n) is 3.18. The zero-order chi connectivity index (χ0) is 17.4. The summed E-state index contributed by atoms with van der Waals surface area (Å²) in [5, 5.41) is 14.6. The summed E-state index contributed by atoms with van der Waals surface area (Å²) in [6, 6.07) is 7.23. The molecule has 2 amide bonds. The lowest BCUT2D eigenvalue weighted by Crippen LogP contribution is -2.55. The molecule has 4 rings (SSSR count). The van der Waals surface area contributed by atoms with E-state index in [9.17, 15) is 14.7 Å². The second kappa shape index (κ2) is 6.15. The molecule has 1 saturated heterocycles. The minimum Gasteiger partial charge on any atom is -0.467 e. The second-order valence-electron chi connectivity index (χ2n) is 5.89. The van der Waals surface area contributed by atoms with E-state index < -0.39 is 30.0 Å². The number of imide groups is 1. The van der Waals surface area contributed by atoms with Gasteiger partial charge in [0.25, 0.3) is 0 Å². The first-order valence-electron chi connectivity index (χ1n) is 7.85. The third-order valence-corrected chi connectivity index (χ3v) is 4.36. The molecule has 25 heavy (non-hydrogen) atoms. The summed E-state index contributed by atoms with van der Waals surface area (Å²) in [6.07, 6.45) is 5.40. The van der Waals surface area contributed by atoms with Crippen molar-refractivity contribution in [2.45, 2.75) is 18.2 Å². The Labute approximate surface area is 143 Å². The summed E-state index contributed by atoms with van der Waals surface area (Å²) in [5.74, 6) is -0.529. The number of amides is 2. The molecule has 0 aliphatic carbocycles. The SMILES string of the molecule is O=C1NC(=O)C2C1C=CC(C(O)c1ccco1)N2Nc1ccccn1. The van der Waals surface area contributed by atoms with Crippen LogP contribution in [0.3, 0.4) is 0 Å². The van der Waals surface area contributed by atoms with Gasteiger partial charge in [-0.2, -0.15) is 5.01 Å². The predicted molar refractivity (Wildman–Crippen MR) is 86.7 cm³/mol. The number of hydrogen-bond acceptors (Lipinski definition) is 7. The number of nitrogens with zero attached hydrogens (tertiary/aromatic N) is 2. The molecule has 4 unspecified atom stereocenters. The number of hydrogen-bond donors (Lipinski definition) is 3. The molecule has 0 spiro atoms. The summed E-state index contributed by atoms with van der Waals surface area (Å²) in [7, 11) is 0. The van der Waals surface area contributed by atoms with E-state index in [1.165, 1.54) is 6.26 Å². The molecular formula is C17H16N4O4. The Morgan fingerprint density at radius 3 is 2.80 bits per heavy atom. The van der Waals surface area contributed by atoms with E-state index >= 15 is 0 Å². The number of anilines is 1. The number of furan rings is 1. The van der Waals surface area contributed by atoms with Crippen LogP contribution in [0, 0.1) is 5.92 Å². The van der Waals surface area contributed by atoms with Gasteiger partial charge in [0, 0.05) is 6.20 Å². The highest BCUT2D eigenvalue weighted by molar-refractivity contribution is 6.08. The summed E-state index contributed by atoms with van der Waals surface area (Å²) >= 11 is 0. The molecule has 0 aromatic carbocycles. The number of pyridine rings is 1. The number of carbonyl (C=O) groups is 2. The summed E-state index contributed by atoms with van der Waals surface area (Å²) in [6.45, 7) is 0. The maximum absolute atomic E-state index is 12.3. The molecule has 2 aliphatic heterocycles. The minimum atomic E-state index is -1.02. The summed E-state index contributed by atoms with van der Waals surface area (Å²) < 4.78 is 5.28. The van der Waals surface area contributed by atoms with Gasteiger partial charge >= 0.3 is 0 Å². The third kappa shape index (κ3) is 2.71. The van der Waals surface area contributed by atoms with Crippen molar-refractivity contribution in [3.63, 3.8) is 0 Å². The van der Waals surface area contributed by atoms with Crippen LogP contribution >= 0.6 is 0 Å². The topological polar surface area (TPSA) is 108 Å². The van der Waals surface area contributed by atoms with Gasteiger partial charge in [0.1, 0.15) is 23.7 Å². The molecule has 4 heterocycles. The second-order valence-corrected chi connectivity index (χ2v) is 5.89. The number of fused-ring (bicyclic) bond motifs is 1. The van der Waals surface area contributed by atoms with Crippen molar-refractivity contribution in [3.8, 4) is 0 Å². The number of carbonyl (C=O) groups excluding carboxylic acids is 2. The van der Waals surface area contributed by atoms with Gasteiger partial charge < -0.3 is 14.9 Å². The van der Waals surface area contributed by atoms with Crippen LogP contribution in [0.1, 0.15) is 11.9 Å². The fraction of sp³-hybridized carbons (Fsp3) is 0.235. The Bertz CT molecular complexity index is 805. The van der Waals surface area contributed by atoms with Crippen LogP contribution in [0.25, 0.3) is 0 Å². The fourth-order valence-corrected chi connectivity index (χ4v) is 3.18. The number of aliphatic hydroxyl groups is 1. The van der Waals surface area contributed by atoms with Gasteiger partial charge in [0.2, 0.25) is 11.8 Å². The normalized spacial score (nSPS) is 27.0. The Kier molecular flexibility index (Phi) is 3.83. The minimum absolute atomic E-state index is 0.356. The number of nitrogens with one attached hydrogen (secondary N) is 2. The molecule has 4 atom stereocenters. The van der Waals surface area contributed by atoms with Gasteiger partial charge in [0.05, 0.1) is 18.2 Å². The number of hydrazine groups is 1. The van der Waals surface area contributed by atoms with E-state index in [2.05, 4.69) is 15.7 Å². The molecule has 0 saturated carbocycles. The average molecular weight is 340 g/mol. The van der Waals surface area contributed by atoms with E-state index in [4.69, 9.17) is 4.42 Å². The molecule has 2 aromatic heterocycles. The van der Waals surface area contributed by atoms with E-state index in [0.29, 0.717) is 11.6 Å². The molecular weight excluding hydrogens is 324 g/mol. The highest BCUT2D eigenvalue weighted by Crippen LogP contribution is 2.33. The lowest BCUT2D eigenvalue weighted by atomic mass is 9.92. The Morgan fingerprint density at radius 1 is 1.20 bits per heavy atom. The first kappa shape index (κ1) is 15.6. The largest absolute Gasteiger partial charge is 0.467 e. The van der Waals surface area contributed by atoms with E-state index in [0.717, 1.165) is 0 Å². The van der Waals surface area contributed by atoms with E-state index in [-0.39, 0.29) is 5.91 Å².